The molecule has 0 saturated heterocycles. The van der Waals surface area contributed by atoms with Crippen molar-refractivity contribution < 1.29 is 4.79 Å². The lowest BCUT2D eigenvalue weighted by Crippen LogP contribution is -2.25. The van der Waals surface area contributed by atoms with Crippen LogP contribution in [0.2, 0.25) is 0 Å². The van der Waals surface area contributed by atoms with Gasteiger partial charge >= 0.3 is 0 Å². The van der Waals surface area contributed by atoms with Gasteiger partial charge in [-0.2, -0.15) is 5.10 Å². The molecule has 0 aromatic carbocycles. The largest absolute Gasteiger partial charge is 0.312 e. The summed E-state index contributed by atoms with van der Waals surface area (Å²) in [5, 5.41) is 22.0. The molecule has 1 aliphatic heterocycles. The van der Waals surface area contributed by atoms with Gasteiger partial charge in [-0.1, -0.05) is 11.3 Å². The van der Waals surface area contributed by atoms with Gasteiger partial charge in [-0.15, -0.1) is 22.6 Å². The van der Waals surface area contributed by atoms with Gasteiger partial charge in [0.15, 0.2) is 5.69 Å². The standard InChI is InChI=1S/C10H12N6OS.ClH/c1-5-13-16-10(18-5)12-9(17)8-6-4-11-3-2-7(6)14-15-8;/h11H,2-4H2,1H3,(H,14,15)(H,12,16,17);1H. The van der Waals surface area contributed by atoms with Gasteiger partial charge in [-0.3, -0.25) is 15.2 Å². The van der Waals surface area contributed by atoms with Crippen molar-refractivity contribution in [3.05, 3.63) is 22.0 Å². The molecular formula is C10H13ClN6OS. The smallest absolute Gasteiger partial charge is 0.278 e. The number of aromatic amines is 1. The Kier molecular flexibility index (Phi) is 4.13. The van der Waals surface area contributed by atoms with E-state index in [0.29, 0.717) is 17.4 Å². The van der Waals surface area contributed by atoms with Crippen molar-refractivity contribution in [3.8, 4) is 0 Å². The maximum Gasteiger partial charge on any atom is 0.278 e. The van der Waals surface area contributed by atoms with E-state index in [4.69, 9.17) is 0 Å². The highest BCUT2D eigenvalue weighted by Gasteiger charge is 2.22. The van der Waals surface area contributed by atoms with Crippen molar-refractivity contribution in [2.45, 2.75) is 19.9 Å². The minimum absolute atomic E-state index is 0. The summed E-state index contributed by atoms with van der Waals surface area (Å²) in [6.45, 7) is 3.42. The summed E-state index contributed by atoms with van der Waals surface area (Å²) in [5.74, 6) is -0.243. The van der Waals surface area contributed by atoms with Gasteiger partial charge in [0.2, 0.25) is 5.13 Å². The maximum atomic E-state index is 12.1. The fourth-order valence-corrected chi connectivity index (χ4v) is 2.50. The van der Waals surface area contributed by atoms with Crippen LogP contribution in [0.5, 0.6) is 0 Å². The number of nitrogens with one attached hydrogen (secondary N) is 3. The molecule has 1 aliphatic rings. The Morgan fingerprint density at radius 3 is 3.00 bits per heavy atom. The van der Waals surface area contributed by atoms with E-state index in [1.165, 1.54) is 11.3 Å². The highest BCUT2D eigenvalue weighted by molar-refractivity contribution is 7.15. The molecule has 3 rings (SSSR count). The number of carbonyl (C=O) groups excluding carboxylic acids is 1. The lowest BCUT2D eigenvalue weighted by Gasteiger charge is -2.12. The lowest BCUT2D eigenvalue weighted by molar-refractivity contribution is 0.102. The Bertz CT molecular complexity index is 595. The summed E-state index contributed by atoms with van der Waals surface area (Å²) in [4.78, 5) is 12.1. The van der Waals surface area contributed by atoms with Crippen LogP contribution in [0, 0.1) is 6.92 Å². The van der Waals surface area contributed by atoms with Gasteiger partial charge < -0.3 is 5.32 Å². The van der Waals surface area contributed by atoms with Crippen LogP contribution in [-0.4, -0.2) is 32.8 Å². The summed E-state index contributed by atoms with van der Waals surface area (Å²) >= 11 is 1.34. The van der Waals surface area contributed by atoms with Gasteiger partial charge in [0.05, 0.1) is 0 Å². The molecule has 0 aliphatic carbocycles. The summed E-state index contributed by atoms with van der Waals surface area (Å²) in [7, 11) is 0. The number of anilines is 1. The molecule has 0 atom stereocenters. The quantitative estimate of drug-likeness (QED) is 0.765. The van der Waals surface area contributed by atoms with Gasteiger partial charge in [-0.25, -0.2) is 0 Å². The molecule has 2 aromatic rings. The molecule has 2 aromatic heterocycles. The van der Waals surface area contributed by atoms with Crippen LogP contribution in [-0.2, 0) is 13.0 Å². The maximum absolute atomic E-state index is 12.1. The van der Waals surface area contributed by atoms with Crippen molar-refractivity contribution in [1.82, 2.24) is 25.7 Å². The number of halogens is 1. The Labute approximate surface area is 119 Å². The first-order valence-electron chi connectivity index (χ1n) is 5.62. The Morgan fingerprint density at radius 2 is 2.26 bits per heavy atom. The molecule has 0 unspecified atom stereocenters. The first-order valence-corrected chi connectivity index (χ1v) is 6.44. The molecule has 0 fully saturated rings. The number of amides is 1. The molecule has 7 nitrogen and oxygen atoms in total. The Morgan fingerprint density at radius 1 is 1.42 bits per heavy atom. The second-order valence-electron chi connectivity index (χ2n) is 4.04. The number of H-pyrrole nitrogens is 1. The van der Waals surface area contributed by atoms with E-state index in [2.05, 4.69) is 31.0 Å². The van der Waals surface area contributed by atoms with E-state index in [-0.39, 0.29) is 18.3 Å². The van der Waals surface area contributed by atoms with Crippen LogP contribution in [0.3, 0.4) is 0 Å². The topological polar surface area (TPSA) is 95.6 Å². The Balaban J connectivity index is 0.00000133. The molecule has 9 heteroatoms. The summed E-state index contributed by atoms with van der Waals surface area (Å²) in [6, 6.07) is 0. The first-order chi connectivity index (χ1) is 8.74. The molecule has 0 saturated carbocycles. The summed E-state index contributed by atoms with van der Waals surface area (Å²) in [6.07, 6.45) is 0.869. The van der Waals surface area contributed by atoms with E-state index in [1.807, 2.05) is 6.92 Å². The third-order valence-electron chi connectivity index (χ3n) is 2.77. The zero-order chi connectivity index (χ0) is 12.5. The van der Waals surface area contributed by atoms with Crippen molar-refractivity contribution in [2.75, 3.05) is 11.9 Å². The number of aryl methyl sites for hydroxylation is 1. The third kappa shape index (κ3) is 2.75. The summed E-state index contributed by atoms with van der Waals surface area (Å²) in [5.41, 5.74) is 2.41. The molecule has 0 radical (unpaired) electrons. The minimum Gasteiger partial charge on any atom is -0.312 e. The van der Waals surface area contributed by atoms with Crippen molar-refractivity contribution >= 4 is 34.8 Å². The van der Waals surface area contributed by atoms with Crippen LogP contribution < -0.4 is 10.6 Å². The molecule has 3 heterocycles. The molecule has 0 bridgehead atoms. The van der Waals surface area contributed by atoms with E-state index >= 15 is 0 Å². The number of hydrogen-bond acceptors (Lipinski definition) is 6. The predicted molar refractivity (Wildman–Crippen MR) is 73.8 cm³/mol. The van der Waals surface area contributed by atoms with Crippen LogP contribution in [0.4, 0.5) is 5.13 Å². The molecule has 102 valence electrons. The molecule has 1 amide bonds. The number of nitrogens with zero attached hydrogens (tertiary/aromatic N) is 3. The second-order valence-corrected chi connectivity index (χ2v) is 5.22. The predicted octanol–water partition coefficient (Wildman–Crippen LogP) is 0.889. The van der Waals surface area contributed by atoms with E-state index in [1.54, 1.807) is 0 Å². The second kappa shape index (κ2) is 5.64. The average molecular weight is 301 g/mol. The fourth-order valence-electron chi connectivity index (χ4n) is 1.92. The van der Waals surface area contributed by atoms with E-state index in [9.17, 15) is 4.79 Å². The van der Waals surface area contributed by atoms with Crippen molar-refractivity contribution in [1.29, 1.82) is 0 Å². The first kappa shape index (κ1) is 13.9. The molecule has 0 spiro atoms. The zero-order valence-corrected chi connectivity index (χ0v) is 11.8. The van der Waals surface area contributed by atoms with Crippen LogP contribution >= 0.6 is 23.7 Å². The number of hydrogen-bond donors (Lipinski definition) is 3. The summed E-state index contributed by atoms with van der Waals surface area (Å²) < 4.78 is 0. The number of rotatable bonds is 2. The van der Waals surface area contributed by atoms with Crippen LogP contribution in [0.1, 0.15) is 26.8 Å². The van der Waals surface area contributed by atoms with Gasteiger partial charge in [-0.05, 0) is 6.92 Å². The normalized spacial score (nSPS) is 13.5. The van der Waals surface area contributed by atoms with Gasteiger partial charge in [0.25, 0.3) is 5.91 Å². The van der Waals surface area contributed by atoms with Crippen LogP contribution in [0.15, 0.2) is 0 Å². The zero-order valence-electron chi connectivity index (χ0n) is 10.2. The fraction of sp³-hybridized carbons (Fsp3) is 0.400. The van der Waals surface area contributed by atoms with Gasteiger partial charge in [0.1, 0.15) is 5.01 Å². The molecule has 3 N–H and O–H groups in total. The minimum atomic E-state index is -0.243. The molecule has 19 heavy (non-hydrogen) atoms. The molecular weight excluding hydrogens is 288 g/mol. The number of fused-ring (bicyclic) bond motifs is 1. The monoisotopic (exact) mass is 300 g/mol. The Hall–Kier alpha value is -1.51. The number of aromatic nitrogens is 4. The average Bonchev–Trinajstić information content (AvgIpc) is 2.95. The third-order valence-corrected chi connectivity index (χ3v) is 3.52. The number of carbonyl (C=O) groups is 1. The lowest BCUT2D eigenvalue weighted by atomic mass is 10.1. The van der Waals surface area contributed by atoms with E-state index < -0.39 is 0 Å². The van der Waals surface area contributed by atoms with Crippen molar-refractivity contribution in [3.63, 3.8) is 0 Å². The SMILES string of the molecule is Cc1nnc(NC(=O)c2n[nH]c3c2CNCC3)s1.Cl. The van der Waals surface area contributed by atoms with Gasteiger partial charge in [0, 0.05) is 30.8 Å². The van der Waals surface area contributed by atoms with E-state index in [0.717, 1.165) is 29.2 Å². The highest BCUT2D eigenvalue weighted by atomic mass is 35.5. The highest BCUT2D eigenvalue weighted by Crippen LogP contribution is 2.18. The van der Waals surface area contributed by atoms with Crippen molar-refractivity contribution in [2.24, 2.45) is 0 Å². The van der Waals surface area contributed by atoms with Crippen LogP contribution in [0.25, 0.3) is 0 Å².